The maximum absolute atomic E-state index is 11.5. The van der Waals surface area contributed by atoms with E-state index < -0.39 is 5.97 Å². The summed E-state index contributed by atoms with van der Waals surface area (Å²) in [5, 5.41) is 13.1. The molecule has 106 valence electrons. The number of carbonyl (C=O) groups excluding carboxylic acids is 1. The Balaban J connectivity index is 1.54. The zero-order valence-electron chi connectivity index (χ0n) is 11.1. The van der Waals surface area contributed by atoms with Gasteiger partial charge in [0.25, 0.3) is 0 Å². The predicted octanol–water partition coefficient (Wildman–Crippen LogP) is 2.50. The third-order valence-corrected chi connectivity index (χ3v) is 6.26. The SMILES string of the molecule is CC(=O)c1sc(NC2C3C4CCC(C4)C23)nc1C(=O)O. The lowest BCUT2D eigenvalue weighted by Gasteiger charge is -2.08. The number of nitrogens with zero attached hydrogens (tertiary/aromatic N) is 1. The minimum Gasteiger partial charge on any atom is -0.476 e. The van der Waals surface area contributed by atoms with E-state index in [0.29, 0.717) is 11.2 Å². The highest BCUT2D eigenvalue weighted by Crippen LogP contribution is 2.66. The molecule has 0 aromatic carbocycles. The van der Waals surface area contributed by atoms with Crippen molar-refractivity contribution < 1.29 is 14.7 Å². The fraction of sp³-hybridized carbons (Fsp3) is 0.643. The van der Waals surface area contributed by atoms with Crippen LogP contribution in [0.2, 0.25) is 0 Å². The molecule has 3 fully saturated rings. The van der Waals surface area contributed by atoms with Crippen LogP contribution in [0.3, 0.4) is 0 Å². The molecule has 0 saturated heterocycles. The Morgan fingerprint density at radius 2 is 1.95 bits per heavy atom. The topological polar surface area (TPSA) is 79.3 Å². The number of carbonyl (C=O) groups is 2. The molecule has 1 aromatic heterocycles. The normalized spacial score (nSPS) is 36.8. The van der Waals surface area contributed by atoms with Crippen molar-refractivity contribution in [2.24, 2.45) is 23.7 Å². The lowest BCUT2D eigenvalue weighted by atomic mass is 10.0. The highest BCUT2D eigenvalue weighted by atomic mass is 32.1. The highest BCUT2D eigenvalue weighted by molar-refractivity contribution is 7.17. The Morgan fingerprint density at radius 3 is 2.45 bits per heavy atom. The van der Waals surface area contributed by atoms with Gasteiger partial charge in [0.05, 0.1) is 0 Å². The molecule has 1 heterocycles. The summed E-state index contributed by atoms with van der Waals surface area (Å²) in [7, 11) is 0. The Morgan fingerprint density at radius 1 is 1.30 bits per heavy atom. The number of anilines is 1. The van der Waals surface area contributed by atoms with Crippen LogP contribution < -0.4 is 5.32 Å². The van der Waals surface area contributed by atoms with Crippen LogP contribution in [0.4, 0.5) is 5.13 Å². The molecule has 2 bridgehead atoms. The van der Waals surface area contributed by atoms with Gasteiger partial charge in [0.15, 0.2) is 16.6 Å². The number of hydrogen-bond acceptors (Lipinski definition) is 5. The number of Topliss-reactive ketones (excluding diaryl/α,β-unsaturated/α-hetero) is 1. The first-order valence-electron chi connectivity index (χ1n) is 7.08. The van der Waals surface area contributed by atoms with Crippen LogP contribution in [-0.4, -0.2) is 27.9 Å². The summed E-state index contributed by atoms with van der Waals surface area (Å²) >= 11 is 1.17. The van der Waals surface area contributed by atoms with Crippen LogP contribution in [0.1, 0.15) is 46.3 Å². The summed E-state index contributed by atoms with van der Waals surface area (Å²) in [6.07, 6.45) is 4.08. The Kier molecular flexibility index (Phi) is 2.49. The number of hydrogen-bond donors (Lipinski definition) is 2. The number of thiazole rings is 1. The summed E-state index contributed by atoms with van der Waals surface area (Å²) in [6, 6.07) is 0.453. The van der Waals surface area contributed by atoms with E-state index in [-0.39, 0.29) is 16.4 Å². The summed E-state index contributed by atoms with van der Waals surface area (Å²) < 4.78 is 0. The van der Waals surface area contributed by atoms with Gasteiger partial charge in [-0.1, -0.05) is 11.3 Å². The lowest BCUT2D eigenvalue weighted by Crippen LogP contribution is -2.12. The number of nitrogens with one attached hydrogen (secondary N) is 1. The van der Waals surface area contributed by atoms with E-state index in [4.69, 9.17) is 5.11 Å². The number of carboxylic acids is 1. The number of ketones is 1. The quantitative estimate of drug-likeness (QED) is 0.834. The molecule has 3 aliphatic rings. The molecular weight excluding hydrogens is 276 g/mol. The summed E-state index contributed by atoms with van der Waals surface area (Å²) in [4.78, 5) is 26.9. The van der Waals surface area contributed by atoms with E-state index in [1.165, 1.54) is 37.5 Å². The predicted molar refractivity (Wildman–Crippen MR) is 74.3 cm³/mol. The van der Waals surface area contributed by atoms with Crippen molar-refractivity contribution in [1.29, 1.82) is 0 Å². The van der Waals surface area contributed by atoms with Crippen molar-refractivity contribution in [2.75, 3.05) is 5.32 Å². The third kappa shape index (κ3) is 1.63. The summed E-state index contributed by atoms with van der Waals surface area (Å²) in [6.45, 7) is 1.38. The standard InChI is InChI=1S/C14H16N2O3S/c1-5(17)12-11(13(18)19)16-14(20-12)15-10-8-6-2-3-7(4-6)9(8)10/h6-10H,2-4H2,1H3,(H,15,16)(H,18,19). The second-order valence-electron chi connectivity index (χ2n) is 6.22. The van der Waals surface area contributed by atoms with Crippen molar-refractivity contribution in [3.8, 4) is 0 Å². The van der Waals surface area contributed by atoms with Crippen molar-refractivity contribution in [2.45, 2.75) is 32.2 Å². The first-order valence-corrected chi connectivity index (χ1v) is 7.89. The molecule has 0 aliphatic heterocycles. The number of carboxylic acid groups (broad SMARTS) is 1. The first-order chi connectivity index (χ1) is 9.56. The van der Waals surface area contributed by atoms with Crippen LogP contribution in [0.15, 0.2) is 0 Å². The van der Waals surface area contributed by atoms with Crippen molar-refractivity contribution >= 4 is 28.2 Å². The molecule has 3 saturated carbocycles. The number of fused-ring (bicyclic) bond motifs is 5. The summed E-state index contributed by atoms with van der Waals surface area (Å²) in [5.41, 5.74) is -0.112. The average molecular weight is 292 g/mol. The first kappa shape index (κ1) is 12.3. The van der Waals surface area contributed by atoms with Gasteiger partial charge >= 0.3 is 5.97 Å². The van der Waals surface area contributed by atoms with Crippen molar-refractivity contribution in [3.63, 3.8) is 0 Å². The minimum atomic E-state index is -1.13. The highest BCUT2D eigenvalue weighted by Gasteiger charge is 2.65. The maximum Gasteiger partial charge on any atom is 0.356 e. The van der Waals surface area contributed by atoms with Crippen LogP contribution in [0.5, 0.6) is 0 Å². The molecule has 0 amide bonds. The van der Waals surface area contributed by atoms with Crippen LogP contribution in [-0.2, 0) is 0 Å². The smallest absolute Gasteiger partial charge is 0.356 e. The Bertz CT molecular complexity index is 564. The molecule has 0 radical (unpaired) electrons. The Labute approximate surface area is 120 Å². The van der Waals surface area contributed by atoms with Crippen molar-refractivity contribution in [1.82, 2.24) is 4.98 Å². The van der Waals surface area contributed by atoms with Gasteiger partial charge in [0, 0.05) is 13.0 Å². The molecule has 4 unspecified atom stereocenters. The van der Waals surface area contributed by atoms with E-state index in [0.717, 1.165) is 23.7 Å². The summed E-state index contributed by atoms with van der Waals surface area (Å²) in [5.74, 6) is 1.86. The molecule has 4 rings (SSSR count). The average Bonchev–Trinajstić information content (AvgIpc) is 2.80. The van der Waals surface area contributed by atoms with Gasteiger partial charge in [-0.3, -0.25) is 4.79 Å². The molecule has 1 aromatic rings. The molecule has 20 heavy (non-hydrogen) atoms. The maximum atomic E-state index is 11.5. The molecule has 0 spiro atoms. The van der Waals surface area contributed by atoms with E-state index in [1.807, 2.05) is 0 Å². The molecule has 5 nitrogen and oxygen atoms in total. The third-order valence-electron chi connectivity index (χ3n) is 5.17. The van der Waals surface area contributed by atoms with Crippen LogP contribution >= 0.6 is 11.3 Å². The number of aromatic carboxylic acids is 1. The van der Waals surface area contributed by atoms with Crippen molar-refractivity contribution in [3.05, 3.63) is 10.6 Å². The van der Waals surface area contributed by atoms with Gasteiger partial charge in [-0.2, -0.15) is 0 Å². The largest absolute Gasteiger partial charge is 0.476 e. The van der Waals surface area contributed by atoms with Gasteiger partial charge < -0.3 is 10.4 Å². The zero-order chi connectivity index (χ0) is 14.0. The molecule has 2 N–H and O–H groups in total. The number of aromatic nitrogens is 1. The zero-order valence-corrected chi connectivity index (χ0v) is 11.9. The van der Waals surface area contributed by atoms with Crippen LogP contribution in [0, 0.1) is 23.7 Å². The fourth-order valence-electron chi connectivity index (χ4n) is 4.43. The lowest BCUT2D eigenvalue weighted by molar-refractivity contribution is 0.0687. The Hall–Kier alpha value is -1.43. The molecular formula is C14H16N2O3S. The van der Waals surface area contributed by atoms with Crippen LogP contribution in [0.25, 0.3) is 0 Å². The van der Waals surface area contributed by atoms with E-state index >= 15 is 0 Å². The molecule has 4 atom stereocenters. The fourth-order valence-corrected chi connectivity index (χ4v) is 5.33. The van der Waals surface area contributed by atoms with E-state index in [2.05, 4.69) is 10.3 Å². The van der Waals surface area contributed by atoms with Gasteiger partial charge in [-0.15, -0.1) is 0 Å². The second-order valence-corrected chi connectivity index (χ2v) is 7.22. The number of rotatable bonds is 4. The molecule has 3 aliphatic carbocycles. The van der Waals surface area contributed by atoms with E-state index in [9.17, 15) is 9.59 Å². The van der Waals surface area contributed by atoms with Gasteiger partial charge in [-0.05, 0) is 42.9 Å². The van der Waals surface area contributed by atoms with E-state index in [1.54, 1.807) is 0 Å². The minimum absolute atomic E-state index is 0.112. The second kappa shape index (κ2) is 4.04. The van der Waals surface area contributed by atoms with Gasteiger partial charge in [0.1, 0.15) is 4.88 Å². The van der Waals surface area contributed by atoms with Gasteiger partial charge in [0.2, 0.25) is 0 Å². The van der Waals surface area contributed by atoms with Gasteiger partial charge in [-0.25, -0.2) is 9.78 Å². The molecule has 6 heteroatoms. The monoisotopic (exact) mass is 292 g/mol.